The average molecular weight is 444 g/mol. The molecule has 150 valence electrons. The van der Waals surface area contributed by atoms with Crippen molar-refractivity contribution < 1.29 is 18.0 Å². The summed E-state index contributed by atoms with van der Waals surface area (Å²) in [7, 11) is -4.01. The zero-order chi connectivity index (χ0) is 20.9. The minimum atomic E-state index is -4.01. The average Bonchev–Trinajstić information content (AvgIpc) is 2.61. The standard InChI is InChI=1S/C18H19Cl2N3O4S/c1-11(2)22-17(24)10-21-18(25)12-4-3-5-14(8-12)23-28(26,27)16-9-13(19)6-7-15(16)20/h3-9,11,23H,10H2,1-2H3,(H,21,25)(H,22,24). The van der Waals surface area contributed by atoms with Gasteiger partial charge in [0.25, 0.3) is 15.9 Å². The SMILES string of the molecule is CC(C)NC(=O)CNC(=O)c1cccc(NS(=O)(=O)c2cc(Cl)ccc2Cl)c1. The molecule has 3 N–H and O–H groups in total. The van der Waals surface area contributed by atoms with E-state index in [0.717, 1.165) is 0 Å². The molecule has 2 aromatic carbocycles. The van der Waals surface area contributed by atoms with Crippen molar-refractivity contribution >= 4 is 50.7 Å². The van der Waals surface area contributed by atoms with Gasteiger partial charge in [0, 0.05) is 22.3 Å². The van der Waals surface area contributed by atoms with Crippen LogP contribution < -0.4 is 15.4 Å². The molecule has 0 aliphatic rings. The minimum Gasteiger partial charge on any atom is -0.352 e. The Hall–Kier alpha value is -2.29. The lowest BCUT2D eigenvalue weighted by molar-refractivity contribution is -0.120. The van der Waals surface area contributed by atoms with Gasteiger partial charge in [-0.25, -0.2) is 8.42 Å². The van der Waals surface area contributed by atoms with Crippen molar-refractivity contribution in [3.8, 4) is 0 Å². The summed E-state index contributed by atoms with van der Waals surface area (Å²) in [6.07, 6.45) is 0. The number of halogens is 2. The summed E-state index contributed by atoms with van der Waals surface area (Å²) in [5.74, 6) is -0.837. The van der Waals surface area contributed by atoms with Crippen LogP contribution in [0.5, 0.6) is 0 Å². The van der Waals surface area contributed by atoms with Crippen molar-refractivity contribution in [3.05, 3.63) is 58.1 Å². The monoisotopic (exact) mass is 443 g/mol. The lowest BCUT2D eigenvalue weighted by Crippen LogP contribution is -2.39. The predicted molar refractivity (Wildman–Crippen MR) is 109 cm³/mol. The molecule has 10 heteroatoms. The van der Waals surface area contributed by atoms with E-state index in [9.17, 15) is 18.0 Å². The molecule has 0 aliphatic heterocycles. The first-order chi connectivity index (χ1) is 13.1. The Morgan fingerprint density at radius 3 is 2.46 bits per heavy atom. The van der Waals surface area contributed by atoms with Crippen LogP contribution in [-0.2, 0) is 14.8 Å². The molecule has 0 heterocycles. The van der Waals surface area contributed by atoms with E-state index in [2.05, 4.69) is 15.4 Å². The molecule has 7 nitrogen and oxygen atoms in total. The van der Waals surface area contributed by atoms with E-state index < -0.39 is 15.9 Å². The molecule has 2 rings (SSSR count). The van der Waals surface area contributed by atoms with E-state index in [1.165, 1.54) is 42.5 Å². The number of rotatable bonds is 7. The van der Waals surface area contributed by atoms with Gasteiger partial charge in [-0.1, -0.05) is 29.3 Å². The van der Waals surface area contributed by atoms with Gasteiger partial charge in [-0.15, -0.1) is 0 Å². The number of carbonyl (C=O) groups excluding carboxylic acids is 2. The van der Waals surface area contributed by atoms with Gasteiger partial charge in [0.15, 0.2) is 0 Å². The quantitative estimate of drug-likeness (QED) is 0.611. The summed E-state index contributed by atoms with van der Waals surface area (Å²) >= 11 is 11.8. The molecule has 0 saturated carbocycles. The van der Waals surface area contributed by atoms with Gasteiger partial charge in [-0.2, -0.15) is 0 Å². The summed E-state index contributed by atoms with van der Waals surface area (Å²) in [4.78, 5) is 23.7. The van der Waals surface area contributed by atoms with Crippen LogP contribution in [0.25, 0.3) is 0 Å². The second-order valence-electron chi connectivity index (χ2n) is 6.17. The first-order valence-corrected chi connectivity index (χ1v) is 10.5. The van der Waals surface area contributed by atoms with Crippen LogP contribution in [0.15, 0.2) is 47.4 Å². The topological polar surface area (TPSA) is 104 Å². The zero-order valence-electron chi connectivity index (χ0n) is 15.1. The van der Waals surface area contributed by atoms with Crippen LogP contribution in [0.1, 0.15) is 24.2 Å². The zero-order valence-corrected chi connectivity index (χ0v) is 17.5. The first-order valence-electron chi connectivity index (χ1n) is 8.24. The Labute approximate surface area is 173 Å². The fourth-order valence-electron chi connectivity index (χ4n) is 2.25. The fourth-order valence-corrected chi connectivity index (χ4v) is 4.07. The highest BCUT2D eigenvalue weighted by Gasteiger charge is 2.19. The third-order valence-electron chi connectivity index (χ3n) is 3.42. The van der Waals surface area contributed by atoms with Gasteiger partial charge in [-0.3, -0.25) is 14.3 Å². The Bertz CT molecular complexity index is 994. The van der Waals surface area contributed by atoms with Crippen LogP contribution in [0.4, 0.5) is 5.69 Å². The number of hydrogen-bond donors (Lipinski definition) is 3. The molecule has 2 amide bonds. The predicted octanol–water partition coefficient (Wildman–Crippen LogP) is 3.05. The van der Waals surface area contributed by atoms with Gasteiger partial charge in [0.05, 0.1) is 11.6 Å². The molecule has 0 radical (unpaired) electrons. The molecule has 0 bridgehead atoms. The number of anilines is 1. The lowest BCUT2D eigenvalue weighted by Gasteiger charge is -2.12. The third kappa shape index (κ3) is 6.12. The molecule has 0 saturated heterocycles. The molecule has 0 aliphatic carbocycles. The highest BCUT2D eigenvalue weighted by molar-refractivity contribution is 7.92. The maximum atomic E-state index is 12.6. The summed E-state index contributed by atoms with van der Waals surface area (Å²) in [5.41, 5.74) is 0.352. The Morgan fingerprint density at radius 1 is 1.07 bits per heavy atom. The molecule has 0 aromatic heterocycles. The summed E-state index contributed by atoms with van der Waals surface area (Å²) < 4.78 is 27.5. The molecule has 0 unspecified atom stereocenters. The third-order valence-corrected chi connectivity index (χ3v) is 5.52. The normalized spacial score (nSPS) is 11.2. The second-order valence-corrected chi connectivity index (χ2v) is 8.66. The van der Waals surface area contributed by atoms with Gasteiger partial charge < -0.3 is 10.6 Å². The maximum absolute atomic E-state index is 12.6. The number of amides is 2. The number of benzene rings is 2. The largest absolute Gasteiger partial charge is 0.352 e. The molecule has 0 fully saturated rings. The van der Waals surface area contributed by atoms with Gasteiger partial charge in [0.2, 0.25) is 5.91 Å². The van der Waals surface area contributed by atoms with Crippen molar-refractivity contribution in [2.24, 2.45) is 0 Å². The summed E-state index contributed by atoms with van der Waals surface area (Å²) in [5, 5.41) is 5.36. The number of sulfonamides is 1. The van der Waals surface area contributed by atoms with Crippen molar-refractivity contribution in [2.45, 2.75) is 24.8 Å². The second kappa shape index (κ2) is 9.27. The van der Waals surface area contributed by atoms with E-state index in [0.29, 0.717) is 0 Å². The molecule has 0 atom stereocenters. The van der Waals surface area contributed by atoms with E-state index in [-0.39, 0.29) is 44.7 Å². The van der Waals surface area contributed by atoms with E-state index >= 15 is 0 Å². The van der Waals surface area contributed by atoms with Gasteiger partial charge in [0.1, 0.15) is 4.90 Å². The van der Waals surface area contributed by atoms with E-state index in [1.54, 1.807) is 0 Å². The summed E-state index contributed by atoms with van der Waals surface area (Å²) in [6.45, 7) is 3.42. The first kappa shape index (κ1) is 22.0. The number of carbonyl (C=O) groups is 2. The molecular weight excluding hydrogens is 425 g/mol. The highest BCUT2D eigenvalue weighted by atomic mass is 35.5. The van der Waals surface area contributed by atoms with E-state index in [4.69, 9.17) is 23.2 Å². The smallest absolute Gasteiger partial charge is 0.263 e. The highest BCUT2D eigenvalue weighted by Crippen LogP contribution is 2.27. The van der Waals surface area contributed by atoms with Crippen LogP contribution in [0.2, 0.25) is 10.0 Å². The van der Waals surface area contributed by atoms with Crippen LogP contribution in [0, 0.1) is 0 Å². The Balaban J connectivity index is 2.13. The number of nitrogens with one attached hydrogen (secondary N) is 3. The number of hydrogen-bond acceptors (Lipinski definition) is 4. The molecular formula is C18H19Cl2N3O4S. The summed E-state index contributed by atoms with van der Waals surface area (Å²) in [6, 6.07) is 9.90. The van der Waals surface area contributed by atoms with Crippen LogP contribution in [-0.4, -0.2) is 32.8 Å². The van der Waals surface area contributed by atoms with E-state index in [1.807, 2.05) is 13.8 Å². The Morgan fingerprint density at radius 2 is 1.79 bits per heavy atom. The van der Waals surface area contributed by atoms with Crippen molar-refractivity contribution in [1.29, 1.82) is 0 Å². The van der Waals surface area contributed by atoms with Crippen molar-refractivity contribution in [2.75, 3.05) is 11.3 Å². The van der Waals surface area contributed by atoms with Crippen LogP contribution >= 0.6 is 23.2 Å². The lowest BCUT2D eigenvalue weighted by atomic mass is 10.2. The van der Waals surface area contributed by atoms with Gasteiger partial charge >= 0.3 is 0 Å². The van der Waals surface area contributed by atoms with Crippen molar-refractivity contribution in [3.63, 3.8) is 0 Å². The molecule has 0 spiro atoms. The molecule has 2 aromatic rings. The maximum Gasteiger partial charge on any atom is 0.263 e. The van der Waals surface area contributed by atoms with Crippen LogP contribution in [0.3, 0.4) is 0 Å². The Kier molecular flexibility index (Phi) is 7.29. The van der Waals surface area contributed by atoms with Crippen molar-refractivity contribution in [1.82, 2.24) is 10.6 Å². The fraction of sp³-hybridized carbons (Fsp3) is 0.222. The minimum absolute atomic E-state index is 0.0157. The molecule has 28 heavy (non-hydrogen) atoms. The van der Waals surface area contributed by atoms with Gasteiger partial charge in [-0.05, 0) is 50.2 Å².